The molecule has 0 saturated heterocycles. The maximum absolute atomic E-state index is 4.64. The third kappa shape index (κ3) is 6.31. The van der Waals surface area contributed by atoms with E-state index < -0.39 is 0 Å². The molecule has 0 atom stereocenters. The van der Waals surface area contributed by atoms with Gasteiger partial charge in [0.05, 0.1) is 5.69 Å². The maximum Gasteiger partial charge on any atom is 0.191 e. The number of aryl methyl sites for hydroxylation is 2. The Morgan fingerprint density at radius 1 is 1.12 bits per heavy atom. The van der Waals surface area contributed by atoms with Crippen LogP contribution in [-0.2, 0) is 26.4 Å². The molecule has 1 rings (SSSR count). The predicted octanol–water partition coefficient (Wildman–Crippen LogP) is 2.72. The number of aromatic nitrogens is 2. The number of nitrogens with zero attached hydrogens (tertiary/aromatic N) is 4. The molecule has 1 heterocycles. The van der Waals surface area contributed by atoms with Gasteiger partial charge in [-0.05, 0) is 47.0 Å². The van der Waals surface area contributed by atoms with E-state index in [1.54, 1.807) is 0 Å². The first-order valence-electron chi connectivity index (χ1n) is 10.1. The zero-order chi connectivity index (χ0) is 19.7. The first kappa shape index (κ1) is 22.5. The van der Waals surface area contributed by atoms with Crippen molar-refractivity contribution >= 4 is 5.96 Å². The van der Waals surface area contributed by atoms with Crippen LogP contribution in [0.15, 0.2) is 4.99 Å². The highest BCUT2D eigenvalue weighted by atomic mass is 15.3. The smallest absolute Gasteiger partial charge is 0.191 e. The lowest BCUT2D eigenvalue weighted by molar-refractivity contribution is 0.173. The third-order valence-electron chi connectivity index (χ3n) is 4.90. The average Bonchev–Trinajstić information content (AvgIpc) is 2.91. The van der Waals surface area contributed by atoms with E-state index in [4.69, 9.17) is 0 Å². The van der Waals surface area contributed by atoms with Crippen LogP contribution in [0.3, 0.4) is 0 Å². The van der Waals surface area contributed by atoms with Gasteiger partial charge in [0.2, 0.25) is 0 Å². The average molecular weight is 365 g/mol. The van der Waals surface area contributed by atoms with E-state index >= 15 is 0 Å². The minimum atomic E-state index is 0.581. The zero-order valence-corrected chi connectivity index (χ0v) is 18.2. The summed E-state index contributed by atoms with van der Waals surface area (Å²) in [6.07, 6.45) is 3.05. The Labute approximate surface area is 160 Å². The van der Waals surface area contributed by atoms with Gasteiger partial charge < -0.3 is 10.6 Å². The number of nitrogens with one attached hydrogen (secondary N) is 2. The van der Waals surface area contributed by atoms with Gasteiger partial charge in [-0.2, -0.15) is 5.10 Å². The zero-order valence-electron chi connectivity index (χ0n) is 18.2. The van der Waals surface area contributed by atoms with Crippen molar-refractivity contribution in [2.24, 2.45) is 12.0 Å². The molecule has 0 amide bonds. The first-order chi connectivity index (χ1) is 12.3. The Balaban J connectivity index is 2.52. The van der Waals surface area contributed by atoms with Gasteiger partial charge in [0.25, 0.3) is 0 Å². The molecule has 1 aromatic heterocycles. The second-order valence-corrected chi connectivity index (χ2v) is 7.33. The van der Waals surface area contributed by atoms with Crippen molar-refractivity contribution in [2.45, 2.75) is 79.4 Å². The summed E-state index contributed by atoms with van der Waals surface area (Å²) in [5.74, 6) is 0.860. The van der Waals surface area contributed by atoms with Crippen molar-refractivity contribution in [3.63, 3.8) is 0 Å². The molecule has 0 aliphatic heterocycles. The van der Waals surface area contributed by atoms with Crippen LogP contribution < -0.4 is 10.6 Å². The molecule has 0 spiro atoms. The van der Waals surface area contributed by atoms with E-state index in [2.05, 4.69) is 67.2 Å². The van der Waals surface area contributed by atoms with Gasteiger partial charge in [-0.1, -0.05) is 13.8 Å². The van der Waals surface area contributed by atoms with Gasteiger partial charge in [-0.3, -0.25) is 14.6 Å². The molecule has 0 aromatic carbocycles. The summed E-state index contributed by atoms with van der Waals surface area (Å²) >= 11 is 0. The third-order valence-corrected chi connectivity index (χ3v) is 4.90. The largest absolute Gasteiger partial charge is 0.356 e. The van der Waals surface area contributed by atoms with E-state index in [0.29, 0.717) is 12.1 Å². The van der Waals surface area contributed by atoms with Gasteiger partial charge in [0.15, 0.2) is 5.96 Å². The fourth-order valence-corrected chi connectivity index (χ4v) is 3.57. The number of guanidine groups is 1. The lowest BCUT2D eigenvalue weighted by Crippen LogP contribution is -2.41. The molecule has 0 radical (unpaired) electrons. The fourth-order valence-electron chi connectivity index (χ4n) is 3.57. The molecular formula is C20H40N6. The fraction of sp³-hybridized carbons (Fsp3) is 0.800. The summed E-state index contributed by atoms with van der Waals surface area (Å²) in [6.45, 7) is 16.2. The van der Waals surface area contributed by atoms with E-state index in [-0.39, 0.29) is 0 Å². The van der Waals surface area contributed by atoms with Crippen molar-refractivity contribution in [1.82, 2.24) is 25.3 Å². The van der Waals surface area contributed by atoms with Gasteiger partial charge in [0, 0.05) is 57.1 Å². The quantitative estimate of drug-likeness (QED) is 0.381. The molecule has 1 aromatic rings. The summed E-state index contributed by atoms with van der Waals surface area (Å²) in [6, 6.07) is 1.16. The maximum atomic E-state index is 4.64. The molecule has 0 unspecified atom stereocenters. The normalized spacial score (nSPS) is 12.5. The van der Waals surface area contributed by atoms with Crippen LogP contribution in [-0.4, -0.2) is 52.9 Å². The van der Waals surface area contributed by atoms with Gasteiger partial charge in [-0.25, -0.2) is 0 Å². The van der Waals surface area contributed by atoms with Crippen LogP contribution in [0.5, 0.6) is 0 Å². The Morgan fingerprint density at radius 2 is 1.77 bits per heavy atom. The summed E-state index contributed by atoms with van der Waals surface area (Å²) in [4.78, 5) is 6.88. The monoisotopic (exact) mass is 364 g/mol. The molecule has 0 fully saturated rings. The molecule has 0 aliphatic rings. The molecule has 2 N–H and O–H groups in total. The summed E-state index contributed by atoms with van der Waals surface area (Å²) in [7, 11) is 3.86. The van der Waals surface area contributed by atoms with Crippen molar-refractivity contribution in [2.75, 3.05) is 20.1 Å². The number of rotatable bonds is 10. The summed E-state index contributed by atoms with van der Waals surface area (Å²) < 4.78 is 2.01. The van der Waals surface area contributed by atoms with E-state index in [9.17, 15) is 0 Å². The topological polar surface area (TPSA) is 57.5 Å². The molecule has 0 saturated carbocycles. The molecule has 26 heavy (non-hydrogen) atoms. The Kier molecular flexibility index (Phi) is 9.70. The summed E-state index contributed by atoms with van der Waals surface area (Å²) in [5.41, 5.74) is 3.79. The molecule has 0 aliphatic carbocycles. The lowest BCUT2D eigenvalue weighted by atomic mass is 10.1. The van der Waals surface area contributed by atoms with Crippen LogP contribution in [0.1, 0.15) is 64.9 Å². The van der Waals surface area contributed by atoms with Gasteiger partial charge in [-0.15, -0.1) is 0 Å². The second-order valence-electron chi connectivity index (χ2n) is 7.33. The lowest BCUT2D eigenvalue weighted by Gasteiger charge is -2.30. The minimum Gasteiger partial charge on any atom is -0.356 e. The summed E-state index contributed by atoms with van der Waals surface area (Å²) in [5, 5.41) is 11.5. The number of hydrogen-bond donors (Lipinski definition) is 2. The van der Waals surface area contributed by atoms with Crippen LogP contribution in [0.2, 0.25) is 0 Å². The highest BCUT2D eigenvalue weighted by molar-refractivity contribution is 5.79. The van der Waals surface area contributed by atoms with Crippen LogP contribution in [0, 0.1) is 0 Å². The second kappa shape index (κ2) is 11.2. The molecular weight excluding hydrogens is 324 g/mol. The number of hydrogen-bond acceptors (Lipinski definition) is 3. The highest BCUT2D eigenvalue weighted by Crippen LogP contribution is 2.15. The SMILES string of the molecule is CCc1nn(C)c(CC)c1CNC(=NC)NCCCN(C(C)C)C(C)C. The van der Waals surface area contributed by atoms with Crippen LogP contribution in [0.25, 0.3) is 0 Å². The Morgan fingerprint density at radius 3 is 2.27 bits per heavy atom. The minimum absolute atomic E-state index is 0.581. The van der Waals surface area contributed by atoms with Gasteiger partial charge >= 0.3 is 0 Å². The molecule has 150 valence electrons. The van der Waals surface area contributed by atoms with Crippen molar-refractivity contribution in [3.8, 4) is 0 Å². The molecule has 6 heteroatoms. The van der Waals surface area contributed by atoms with Crippen molar-refractivity contribution < 1.29 is 0 Å². The van der Waals surface area contributed by atoms with Gasteiger partial charge in [0.1, 0.15) is 0 Å². The Bertz CT molecular complexity index is 551. The molecule has 6 nitrogen and oxygen atoms in total. The van der Waals surface area contributed by atoms with Crippen molar-refractivity contribution in [1.29, 1.82) is 0 Å². The Hall–Kier alpha value is -1.56. The number of aliphatic imine (C=N–C) groups is 1. The standard InChI is InChI=1S/C20H40N6/c1-9-18-17(19(10-2)25(8)24-18)14-23-20(21-7)22-12-11-13-26(15(3)4)16(5)6/h15-16H,9-14H2,1-8H3,(H2,21,22,23). The van der Waals surface area contributed by atoms with E-state index in [1.165, 1.54) is 17.0 Å². The first-order valence-corrected chi connectivity index (χ1v) is 10.1. The van der Waals surface area contributed by atoms with E-state index in [0.717, 1.165) is 44.9 Å². The molecule has 0 bridgehead atoms. The van der Waals surface area contributed by atoms with Crippen LogP contribution in [0.4, 0.5) is 0 Å². The predicted molar refractivity (Wildman–Crippen MR) is 112 cm³/mol. The van der Waals surface area contributed by atoms with E-state index in [1.807, 2.05) is 18.8 Å². The van der Waals surface area contributed by atoms with Crippen LogP contribution >= 0.6 is 0 Å². The highest BCUT2D eigenvalue weighted by Gasteiger charge is 2.14. The van der Waals surface area contributed by atoms with Crippen molar-refractivity contribution in [3.05, 3.63) is 17.0 Å².